The number of benzene rings is 1. The van der Waals surface area contributed by atoms with Gasteiger partial charge in [-0.15, -0.1) is 0 Å². The molecule has 1 radical (unpaired) electrons. The highest BCUT2D eigenvalue weighted by Crippen LogP contribution is 2.16. The summed E-state index contributed by atoms with van der Waals surface area (Å²) in [5, 5.41) is 10.5. The number of isocyanates is 1. The fourth-order valence-electron chi connectivity index (χ4n) is 1.69. The van der Waals surface area contributed by atoms with Crippen molar-refractivity contribution in [3.8, 4) is 0 Å². The van der Waals surface area contributed by atoms with Crippen LogP contribution in [0.5, 0.6) is 0 Å². The first-order chi connectivity index (χ1) is 8.67. The summed E-state index contributed by atoms with van der Waals surface area (Å²) in [6.07, 6.45) is 4.63. The molecule has 95 valence electrons. The second kappa shape index (κ2) is 7.35. The molecule has 0 aromatic heterocycles. The molecule has 1 unspecified atom stereocenters. The van der Waals surface area contributed by atoms with Crippen molar-refractivity contribution >= 4 is 11.8 Å². The molecular weight excluding hydrogens is 232 g/mol. The summed E-state index contributed by atoms with van der Waals surface area (Å²) in [6.45, 7) is 3.74. The van der Waals surface area contributed by atoms with Crippen molar-refractivity contribution in [2.24, 2.45) is 4.99 Å². The van der Waals surface area contributed by atoms with E-state index in [0.29, 0.717) is 6.42 Å². The molecule has 5 nitrogen and oxygen atoms in total. The van der Waals surface area contributed by atoms with Crippen LogP contribution < -0.4 is 0 Å². The van der Waals surface area contributed by atoms with Crippen LogP contribution in [0.25, 0.3) is 0 Å². The topological polar surface area (TPSA) is 72.6 Å². The molecule has 0 aliphatic rings. The van der Waals surface area contributed by atoms with Crippen LogP contribution in [0.4, 0.5) is 5.69 Å². The highest BCUT2D eigenvalue weighted by molar-refractivity contribution is 5.35. The van der Waals surface area contributed by atoms with Crippen molar-refractivity contribution in [3.63, 3.8) is 0 Å². The molecule has 0 saturated carbocycles. The molecule has 18 heavy (non-hydrogen) atoms. The molecule has 0 N–H and O–H groups in total. The predicted octanol–water partition coefficient (Wildman–Crippen LogP) is 2.85. The van der Waals surface area contributed by atoms with Gasteiger partial charge in [0.1, 0.15) is 0 Å². The monoisotopic (exact) mass is 247 g/mol. The summed E-state index contributed by atoms with van der Waals surface area (Å²) in [6, 6.07) is 6.17. The van der Waals surface area contributed by atoms with Gasteiger partial charge in [-0.2, -0.15) is 0 Å². The van der Waals surface area contributed by atoms with Crippen LogP contribution in [0.1, 0.15) is 24.8 Å². The van der Waals surface area contributed by atoms with Gasteiger partial charge in [-0.05, 0) is 18.4 Å². The van der Waals surface area contributed by atoms with E-state index in [-0.39, 0.29) is 11.7 Å². The molecule has 1 rings (SSSR count). The van der Waals surface area contributed by atoms with Gasteiger partial charge in [0.2, 0.25) is 6.08 Å². The fourth-order valence-corrected chi connectivity index (χ4v) is 1.69. The van der Waals surface area contributed by atoms with Gasteiger partial charge in [0.05, 0.1) is 11.0 Å². The van der Waals surface area contributed by atoms with E-state index in [1.165, 1.54) is 12.1 Å². The molecule has 0 saturated heterocycles. The predicted molar refractivity (Wildman–Crippen MR) is 67.9 cm³/mol. The van der Waals surface area contributed by atoms with Crippen LogP contribution in [0.3, 0.4) is 0 Å². The zero-order chi connectivity index (χ0) is 13.4. The van der Waals surface area contributed by atoms with E-state index in [1.54, 1.807) is 18.2 Å². The maximum Gasteiger partial charge on any atom is 0.269 e. The molecule has 0 aliphatic heterocycles. The minimum atomic E-state index is -0.437. The van der Waals surface area contributed by atoms with Crippen molar-refractivity contribution in [3.05, 3.63) is 46.9 Å². The highest BCUT2D eigenvalue weighted by Gasteiger charge is 2.09. The molecule has 0 bridgehead atoms. The number of carbonyl (C=O) groups excluding carboxylic acids is 1. The minimum Gasteiger partial charge on any atom is -0.258 e. The molecule has 0 aliphatic carbocycles. The van der Waals surface area contributed by atoms with E-state index >= 15 is 0 Å². The number of nitro groups is 1. The summed E-state index contributed by atoms with van der Waals surface area (Å²) in [5.74, 6) is 0. The molecule has 1 atom stereocenters. The number of aliphatic imine (C=N–C) groups is 1. The average molecular weight is 247 g/mol. The first-order valence-electron chi connectivity index (χ1n) is 5.77. The Kier molecular flexibility index (Phi) is 5.74. The van der Waals surface area contributed by atoms with Gasteiger partial charge in [0.15, 0.2) is 0 Å². The smallest absolute Gasteiger partial charge is 0.258 e. The normalized spacial score (nSPS) is 11.6. The Morgan fingerprint density at radius 1 is 1.39 bits per heavy atom. The lowest BCUT2D eigenvalue weighted by Gasteiger charge is -2.09. The summed E-state index contributed by atoms with van der Waals surface area (Å²) >= 11 is 0. The lowest BCUT2D eigenvalue weighted by molar-refractivity contribution is -0.384. The zero-order valence-corrected chi connectivity index (χ0v) is 10.0. The third-order valence-electron chi connectivity index (χ3n) is 2.64. The molecular formula is C13H15N2O3. The van der Waals surface area contributed by atoms with Gasteiger partial charge < -0.3 is 0 Å². The summed E-state index contributed by atoms with van der Waals surface area (Å²) in [4.78, 5) is 24.1. The van der Waals surface area contributed by atoms with E-state index in [2.05, 4.69) is 11.9 Å². The van der Waals surface area contributed by atoms with E-state index in [0.717, 1.165) is 24.8 Å². The van der Waals surface area contributed by atoms with E-state index in [4.69, 9.17) is 0 Å². The van der Waals surface area contributed by atoms with Crippen molar-refractivity contribution < 1.29 is 9.72 Å². The van der Waals surface area contributed by atoms with Gasteiger partial charge in [-0.25, -0.2) is 9.79 Å². The van der Waals surface area contributed by atoms with Crippen molar-refractivity contribution in [1.82, 2.24) is 0 Å². The van der Waals surface area contributed by atoms with Crippen LogP contribution in [0.2, 0.25) is 0 Å². The second-order valence-electron chi connectivity index (χ2n) is 4.00. The van der Waals surface area contributed by atoms with Crippen molar-refractivity contribution in [1.29, 1.82) is 0 Å². The largest absolute Gasteiger partial charge is 0.269 e. The molecule has 0 amide bonds. The number of unbranched alkanes of at least 4 members (excludes halogenated alkanes) is 1. The van der Waals surface area contributed by atoms with Gasteiger partial charge in [-0.3, -0.25) is 10.1 Å². The lowest BCUT2D eigenvalue weighted by atomic mass is 10.0. The molecule has 0 fully saturated rings. The molecule has 1 aromatic carbocycles. The molecule has 1 aromatic rings. The van der Waals surface area contributed by atoms with Gasteiger partial charge in [0.25, 0.3) is 5.69 Å². The Hall–Kier alpha value is -2.00. The maximum absolute atomic E-state index is 10.5. The Balaban J connectivity index is 2.68. The van der Waals surface area contributed by atoms with Gasteiger partial charge >= 0.3 is 0 Å². The molecule has 5 heteroatoms. The van der Waals surface area contributed by atoms with Crippen LogP contribution in [-0.4, -0.2) is 17.0 Å². The number of nitro benzene ring substituents is 1. The fraction of sp³-hybridized carbons (Fsp3) is 0.385. The number of non-ortho nitro benzene ring substituents is 1. The standard InChI is InChI=1S/C13H15N2O3/c1-2-3-4-12(14-10-16)9-11-5-7-13(8-6-11)15(17)18/h5-8,12H,1-4,9H2. The van der Waals surface area contributed by atoms with Crippen LogP contribution in [-0.2, 0) is 11.2 Å². The van der Waals surface area contributed by atoms with E-state index in [9.17, 15) is 14.9 Å². The quantitative estimate of drug-likeness (QED) is 0.322. The van der Waals surface area contributed by atoms with Gasteiger partial charge in [-0.1, -0.05) is 31.9 Å². The Labute approximate surface area is 106 Å². The highest BCUT2D eigenvalue weighted by atomic mass is 16.6. The van der Waals surface area contributed by atoms with Crippen LogP contribution in [0, 0.1) is 17.0 Å². The maximum atomic E-state index is 10.5. The van der Waals surface area contributed by atoms with Crippen molar-refractivity contribution in [2.75, 3.05) is 0 Å². The van der Waals surface area contributed by atoms with Crippen molar-refractivity contribution in [2.45, 2.75) is 31.7 Å². The van der Waals surface area contributed by atoms with Gasteiger partial charge in [0, 0.05) is 12.1 Å². The number of hydrogen-bond donors (Lipinski definition) is 0. The first kappa shape index (κ1) is 14.1. The van der Waals surface area contributed by atoms with E-state index in [1.807, 2.05) is 0 Å². The Morgan fingerprint density at radius 2 is 2.06 bits per heavy atom. The third-order valence-corrected chi connectivity index (χ3v) is 2.64. The minimum absolute atomic E-state index is 0.0620. The molecule has 0 heterocycles. The second-order valence-corrected chi connectivity index (χ2v) is 4.00. The van der Waals surface area contributed by atoms with Crippen LogP contribution >= 0.6 is 0 Å². The Bertz CT molecular complexity index is 436. The van der Waals surface area contributed by atoms with Crippen LogP contribution in [0.15, 0.2) is 29.3 Å². The van der Waals surface area contributed by atoms with E-state index < -0.39 is 4.92 Å². The molecule has 0 spiro atoms. The summed E-state index contributed by atoms with van der Waals surface area (Å²) < 4.78 is 0. The average Bonchev–Trinajstić information content (AvgIpc) is 2.37. The number of nitrogens with zero attached hydrogens (tertiary/aromatic N) is 2. The Morgan fingerprint density at radius 3 is 2.56 bits per heavy atom. The third kappa shape index (κ3) is 4.47. The summed E-state index contributed by atoms with van der Waals surface area (Å²) in [5.41, 5.74) is 0.987. The first-order valence-corrected chi connectivity index (χ1v) is 5.77. The SMILES string of the molecule is [CH2]CCCC(Cc1ccc([N+](=O)[O-])cc1)N=C=O. The zero-order valence-electron chi connectivity index (χ0n) is 10.0. The lowest BCUT2D eigenvalue weighted by Crippen LogP contribution is -2.08. The number of hydrogen-bond acceptors (Lipinski definition) is 4. The number of rotatable bonds is 7. The summed E-state index contributed by atoms with van der Waals surface area (Å²) in [7, 11) is 0.